The number of morpholine rings is 1. The van der Waals surface area contributed by atoms with Gasteiger partial charge in [-0.3, -0.25) is 10.1 Å². The zero-order chi connectivity index (χ0) is 14.0. The third-order valence-corrected chi connectivity index (χ3v) is 2.77. The van der Waals surface area contributed by atoms with Crippen LogP contribution in [0.15, 0.2) is 0 Å². The lowest BCUT2D eigenvalue weighted by molar-refractivity contribution is -0.383. The summed E-state index contributed by atoms with van der Waals surface area (Å²) in [5.74, 6) is 0.485. The molecule has 9 nitrogen and oxygen atoms in total. The molecule has 9 heteroatoms. The zero-order valence-electron chi connectivity index (χ0n) is 10.9. The molecule has 1 aromatic rings. The predicted octanol–water partition coefficient (Wildman–Crippen LogP) is -0.130. The van der Waals surface area contributed by atoms with E-state index in [1.54, 1.807) is 23.9 Å². The molecule has 104 valence electrons. The molecule has 0 atom stereocenters. The van der Waals surface area contributed by atoms with Gasteiger partial charge in [0.25, 0.3) is 0 Å². The van der Waals surface area contributed by atoms with E-state index in [9.17, 15) is 10.1 Å². The van der Waals surface area contributed by atoms with E-state index in [0.717, 1.165) is 0 Å². The number of anilines is 3. The van der Waals surface area contributed by atoms with Gasteiger partial charge in [-0.2, -0.15) is 9.97 Å². The summed E-state index contributed by atoms with van der Waals surface area (Å²) in [5.41, 5.74) is 5.45. The standard InChI is InChI=1S/C10H16N6O3/c1-14(2)10-12-8(11)7(16(17)18)9(13-10)15-3-5-19-6-4-15/h3-6H2,1-2H3,(H2,11,12,13). The minimum absolute atomic E-state index is 0.120. The minimum Gasteiger partial charge on any atom is -0.378 e. The van der Waals surface area contributed by atoms with Crippen molar-refractivity contribution in [3.63, 3.8) is 0 Å². The van der Waals surface area contributed by atoms with Crippen LogP contribution < -0.4 is 15.5 Å². The molecule has 1 aromatic heterocycles. The maximum Gasteiger partial charge on any atom is 0.353 e. The summed E-state index contributed by atoms with van der Waals surface area (Å²) in [6, 6.07) is 0. The predicted molar refractivity (Wildman–Crippen MR) is 70.5 cm³/mol. The lowest BCUT2D eigenvalue weighted by Gasteiger charge is -2.28. The highest BCUT2D eigenvalue weighted by atomic mass is 16.6. The van der Waals surface area contributed by atoms with Gasteiger partial charge in [-0.05, 0) is 0 Å². The van der Waals surface area contributed by atoms with Crippen LogP contribution in [0.5, 0.6) is 0 Å². The number of nitro groups is 1. The van der Waals surface area contributed by atoms with Crippen molar-refractivity contribution in [3.8, 4) is 0 Å². The third kappa shape index (κ3) is 2.65. The fraction of sp³-hybridized carbons (Fsp3) is 0.600. The average Bonchev–Trinajstić information content (AvgIpc) is 2.38. The normalized spacial score (nSPS) is 15.4. The van der Waals surface area contributed by atoms with Crippen LogP contribution in [0, 0.1) is 10.1 Å². The first-order chi connectivity index (χ1) is 9.00. The van der Waals surface area contributed by atoms with Crippen molar-refractivity contribution in [2.24, 2.45) is 0 Å². The van der Waals surface area contributed by atoms with Gasteiger partial charge in [0.15, 0.2) is 0 Å². The summed E-state index contributed by atoms with van der Waals surface area (Å²) in [4.78, 5) is 22.2. The smallest absolute Gasteiger partial charge is 0.353 e. The van der Waals surface area contributed by atoms with Crippen molar-refractivity contribution in [1.29, 1.82) is 0 Å². The van der Waals surface area contributed by atoms with Crippen molar-refractivity contribution in [2.75, 3.05) is 55.9 Å². The summed E-state index contributed by atoms with van der Waals surface area (Å²) in [6.45, 7) is 2.12. The van der Waals surface area contributed by atoms with E-state index in [1.807, 2.05) is 0 Å². The van der Waals surface area contributed by atoms with Gasteiger partial charge in [0.1, 0.15) is 0 Å². The monoisotopic (exact) mass is 268 g/mol. The van der Waals surface area contributed by atoms with Crippen LogP contribution in [0.1, 0.15) is 0 Å². The number of hydrogen-bond acceptors (Lipinski definition) is 8. The molecule has 0 unspecified atom stereocenters. The Morgan fingerprint density at radius 2 is 2.00 bits per heavy atom. The van der Waals surface area contributed by atoms with Crippen molar-refractivity contribution in [1.82, 2.24) is 9.97 Å². The number of nitrogens with zero attached hydrogens (tertiary/aromatic N) is 5. The molecule has 2 N–H and O–H groups in total. The molecular formula is C10H16N6O3. The second-order valence-electron chi connectivity index (χ2n) is 4.33. The summed E-state index contributed by atoms with van der Waals surface area (Å²) < 4.78 is 5.23. The van der Waals surface area contributed by atoms with E-state index in [-0.39, 0.29) is 17.3 Å². The van der Waals surface area contributed by atoms with E-state index < -0.39 is 4.92 Å². The van der Waals surface area contributed by atoms with Gasteiger partial charge in [-0.1, -0.05) is 0 Å². The Balaban J connectivity index is 2.50. The maximum atomic E-state index is 11.1. The van der Waals surface area contributed by atoms with Crippen molar-refractivity contribution < 1.29 is 9.66 Å². The largest absolute Gasteiger partial charge is 0.378 e. The lowest BCUT2D eigenvalue weighted by Crippen LogP contribution is -2.37. The molecule has 0 spiro atoms. The Kier molecular flexibility index (Phi) is 3.65. The van der Waals surface area contributed by atoms with Crippen LogP contribution >= 0.6 is 0 Å². The van der Waals surface area contributed by atoms with Crippen molar-refractivity contribution in [2.45, 2.75) is 0 Å². The van der Waals surface area contributed by atoms with Gasteiger partial charge in [0, 0.05) is 27.2 Å². The molecule has 0 amide bonds. The second-order valence-corrected chi connectivity index (χ2v) is 4.33. The lowest BCUT2D eigenvalue weighted by atomic mass is 10.3. The summed E-state index contributed by atoms with van der Waals surface area (Å²) in [6.07, 6.45) is 0. The molecule has 0 radical (unpaired) electrons. The summed E-state index contributed by atoms with van der Waals surface area (Å²) >= 11 is 0. The van der Waals surface area contributed by atoms with E-state index in [4.69, 9.17) is 10.5 Å². The highest BCUT2D eigenvalue weighted by molar-refractivity contribution is 5.71. The molecule has 0 aromatic carbocycles. The van der Waals surface area contributed by atoms with Crippen LogP contribution in [0.4, 0.5) is 23.3 Å². The molecule has 0 aliphatic carbocycles. The fourth-order valence-electron chi connectivity index (χ4n) is 1.82. The van der Waals surface area contributed by atoms with Gasteiger partial charge >= 0.3 is 5.69 Å². The average molecular weight is 268 g/mol. The Hall–Kier alpha value is -2.16. The quantitative estimate of drug-likeness (QED) is 0.596. The Labute approximate surface area is 110 Å². The molecule has 1 aliphatic rings. The molecule has 1 fully saturated rings. The summed E-state index contributed by atoms with van der Waals surface area (Å²) in [5, 5.41) is 11.1. The van der Waals surface area contributed by atoms with E-state index in [2.05, 4.69) is 9.97 Å². The molecule has 0 bridgehead atoms. The van der Waals surface area contributed by atoms with Crippen LogP contribution in [-0.2, 0) is 4.74 Å². The zero-order valence-corrected chi connectivity index (χ0v) is 10.9. The highest BCUT2D eigenvalue weighted by Crippen LogP contribution is 2.32. The molecular weight excluding hydrogens is 252 g/mol. The Bertz CT molecular complexity index is 486. The first kappa shape index (κ1) is 13.3. The number of nitrogens with two attached hydrogens (primary N) is 1. The maximum absolute atomic E-state index is 11.1. The molecule has 2 heterocycles. The van der Waals surface area contributed by atoms with Gasteiger partial charge in [0.05, 0.1) is 18.1 Å². The number of rotatable bonds is 3. The van der Waals surface area contributed by atoms with E-state index in [0.29, 0.717) is 32.3 Å². The Morgan fingerprint density at radius 1 is 1.37 bits per heavy atom. The van der Waals surface area contributed by atoms with Gasteiger partial charge in [-0.15, -0.1) is 0 Å². The van der Waals surface area contributed by atoms with Crippen LogP contribution in [0.2, 0.25) is 0 Å². The molecule has 2 rings (SSSR count). The van der Waals surface area contributed by atoms with Crippen molar-refractivity contribution in [3.05, 3.63) is 10.1 Å². The molecule has 0 saturated carbocycles. The van der Waals surface area contributed by atoms with Gasteiger partial charge in [-0.25, -0.2) is 0 Å². The number of ether oxygens (including phenoxy) is 1. The number of aromatic nitrogens is 2. The highest BCUT2D eigenvalue weighted by Gasteiger charge is 2.28. The molecule has 19 heavy (non-hydrogen) atoms. The fourth-order valence-corrected chi connectivity index (χ4v) is 1.82. The summed E-state index contributed by atoms with van der Waals surface area (Å²) in [7, 11) is 3.51. The first-order valence-corrected chi connectivity index (χ1v) is 5.82. The van der Waals surface area contributed by atoms with Crippen LogP contribution in [0.25, 0.3) is 0 Å². The van der Waals surface area contributed by atoms with Gasteiger partial charge in [0.2, 0.25) is 17.6 Å². The minimum atomic E-state index is -0.542. The second kappa shape index (κ2) is 5.22. The van der Waals surface area contributed by atoms with E-state index in [1.165, 1.54) is 0 Å². The topological polar surface area (TPSA) is 111 Å². The van der Waals surface area contributed by atoms with E-state index >= 15 is 0 Å². The van der Waals surface area contributed by atoms with Crippen molar-refractivity contribution >= 4 is 23.3 Å². The third-order valence-electron chi connectivity index (χ3n) is 2.77. The number of nitrogen functional groups attached to an aromatic ring is 1. The van der Waals surface area contributed by atoms with Gasteiger partial charge < -0.3 is 20.3 Å². The molecule has 1 saturated heterocycles. The Morgan fingerprint density at radius 3 is 2.53 bits per heavy atom. The van der Waals surface area contributed by atoms with Crippen LogP contribution in [-0.4, -0.2) is 55.3 Å². The number of hydrogen-bond donors (Lipinski definition) is 1. The van der Waals surface area contributed by atoms with Crippen LogP contribution in [0.3, 0.4) is 0 Å². The SMILES string of the molecule is CN(C)c1nc(N)c([N+](=O)[O-])c(N2CCOCC2)n1. The first-order valence-electron chi connectivity index (χ1n) is 5.82. The molecule has 1 aliphatic heterocycles.